The van der Waals surface area contributed by atoms with Gasteiger partial charge in [-0.3, -0.25) is 9.52 Å². The molecule has 1 amide bonds. The molecule has 2 atom stereocenters. The number of carbonyl (C=O) groups excluding carboxylic acids is 1. The van der Waals surface area contributed by atoms with Crippen molar-refractivity contribution in [3.63, 3.8) is 0 Å². The van der Waals surface area contributed by atoms with E-state index in [0.29, 0.717) is 23.7 Å². The van der Waals surface area contributed by atoms with Crippen LogP contribution in [0.2, 0.25) is 0 Å². The minimum absolute atomic E-state index is 0.186. The standard InChI is InChI=1S/C28H37N7O3S/c1-19-8-9-22(31-39(3,37)38)21(15-19)28(36)34-13-5-4-7-24(34)23-16-26-29-25(32-11-6-12-32)17-27(35(26)30-23)33-14-10-20(2)18-33/h8-9,15-17,20,24,31H,4-7,10-14,18H2,1-3H3/t20?,24-/m0/s1. The monoisotopic (exact) mass is 551 g/mol. The number of nitrogens with one attached hydrogen (secondary N) is 1. The zero-order chi connectivity index (χ0) is 27.3. The second-order valence-corrected chi connectivity index (χ2v) is 13.2. The van der Waals surface area contributed by atoms with Gasteiger partial charge in [-0.25, -0.2) is 13.4 Å². The molecule has 3 aliphatic heterocycles. The van der Waals surface area contributed by atoms with E-state index in [1.807, 2.05) is 28.5 Å². The van der Waals surface area contributed by atoms with Crippen molar-refractivity contribution >= 4 is 38.9 Å². The predicted octanol–water partition coefficient (Wildman–Crippen LogP) is 3.83. The Morgan fingerprint density at radius 3 is 2.51 bits per heavy atom. The van der Waals surface area contributed by atoms with Crippen LogP contribution in [-0.4, -0.2) is 72.8 Å². The van der Waals surface area contributed by atoms with Gasteiger partial charge in [-0.15, -0.1) is 0 Å². The van der Waals surface area contributed by atoms with E-state index >= 15 is 0 Å². The highest BCUT2D eigenvalue weighted by Gasteiger charge is 2.33. The van der Waals surface area contributed by atoms with Crippen LogP contribution in [0.4, 0.5) is 17.3 Å². The van der Waals surface area contributed by atoms with Gasteiger partial charge in [-0.1, -0.05) is 18.6 Å². The average Bonchev–Trinajstić information content (AvgIpc) is 3.48. The normalized spacial score (nSPS) is 21.9. The fourth-order valence-corrected chi connectivity index (χ4v) is 6.54. The number of nitrogens with zero attached hydrogens (tertiary/aromatic N) is 6. The molecule has 0 saturated carbocycles. The molecule has 3 aromatic rings. The van der Waals surface area contributed by atoms with Crippen LogP contribution < -0.4 is 14.5 Å². The number of likely N-dealkylation sites (tertiary alicyclic amines) is 1. The summed E-state index contributed by atoms with van der Waals surface area (Å²) in [6.07, 6.45) is 6.12. The Bertz CT molecular complexity index is 1510. The van der Waals surface area contributed by atoms with Crippen molar-refractivity contribution in [2.24, 2.45) is 5.92 Å². The number of sulfonamides is 1. The van der Waals surface area contributed by atoms with E-state index in [-0.39, 0.29) is 11.9 Å². The molecule has 1 unspecified atom stereocenters. The van der Waals surface area contributed by atoms with Gasteiger partial charge in [0, 0.05) is 44.9 Å². The van der Waals surface area contributed by atoms with E-state index in [9.17, 15) is 13.2 Å². The molecule has 208 valence electrons. The number of fused-ring (bicyclic) bond motifs is 1. The smallest absolute Gasteiger partial charge is 0.256 e. The fraction of sp³-hybridized carbons (Fsp3) is 0.536. The number of aryl methyl sites for hydroxylation is 1. The molecule has 11 heteroatoms. The number of hydrogen-bond acceptors (Lipinski definition) is 7. The van der Waals surface area contributed by atoms with Crippen LogP contribution >= 0.6 is 0 Å². The van der Waals surface area contributed by atoms with Crippen molar-refractivity contribution in [2.75, 3.05) is 53.5 Å². The highest BCUT2D eigenvalue weighted by atomic mass is 32.2. The Labute approximate surface area is 230 Å². The lowest BCUT2D eigenvalue weighted by atomic mass is 9.97. The maximum Gasteiger partial charge on any atom is 0.256 e. The summed E-state index contributed by atoms with van der Waals surface area (Å²) >= 11 is 0. The highest BCUT2D eigenvalue weighted by Crippen LogP contribution is 2.35. The molecule has 39 heavy (non-hydrogen) atoms. The lowest BCUT2D eigenvalue weighted by Gasteiger charge is -2.35. The molecular weight excluding hydrogens is 514 g/mol. The first-order valence-electron chi connectivity index (χ1n) is 14.0. The number of benzene rings is 1. The molecule has 0 aliphatic carbocycles. The van der Waals surface area contributed by atoms with Crippen molar-refractivity contribution in [1.29, 1.82) is 0 Å². The van der Waals surface area contributed by atoms with E-state index in [0.717, 1.165) is 86.7 Å². The Hall–Kier alpha value is -3.34. The molecule has 0 spiro atoms. The summed E-state index contributed by atoms with van der Waals surface area (Å²) in [6.45, 7) is 8.80. The topological polar surface area (TPSA) is 103 Å². The number of rotatable bonds is 6. The molecule has 1 aromatic carbocycles. The van der Waals surface area contributed by atoms with Crippen LogP contribution in [-0.2, 0) is 10.0 Å². The summed E-state index contributed by atoms with van der Waals surface area (Å²) in [4.78, 5) is 25.5. The maximum absolute atomic E-state index is 14.0. The van der Waals surface area contributed by atoms with Crippen molar-refractivity contribution in [1.82, 2.24) is 19.5 Å². The summed E-state index contributed by atoms with van der Waals surface area (Å²) in [5, 5.41) is 5.06. The first-order chi connectivity index (χ1) is 18.7. The molecular formula is C28H37N7O3S. The van der Waals surface area contributed by atoms with Gasteiger partial charge in [0.2, 0.25) is 10.0 Å². The van der Waals surface area contributed by atoms with Gasteiger partial charge < -0.3 is 14.7 Å². The van der Waals surface area contributed by atoms with Crippen LogP contribution in [0.25, 0.3) is 5.65 Å². The molecule has 3 saturated heterocycles. The summed E-state index contributed by atoms with van der Waals surface area (Å²) < 4.78 is 28.5. The summed E-state index contributed by atoms with van der Waals surface area (Å²) in [5.74, 6) is 2.49. The Morgan fingerprint density at radius 2 is 1.82 bits per heavy atom. The second kappa shape index (κ2) is 10.0. The highest BCUT2D eigenvalue weighted by molar-refractivity contribution is 7.92. The van der Waals surface area contributed by atoms with Crippen LogP contribution in [0, 0.1) is 12.8 Å². The molecule has 0 bridgehead atoms. The number of anilines is 3. The van der Waals surface area contributed by atoms with Gasteiger partial charge in [-0.2, -0.15) is 9.61 Å². The van der Waals surface area contributed by atoms with Gasteiger partial charge >= 0.3 is 0 Å². The number of amides is 1. The van der Waals surface area contributed by atoms with E-state index in [4.69, 9.17) is 10.1 Å². The first-order valence-corrected chi connectivity index (χ1v) is 15.9. The number of aromatic nitrogens is 3. The quantitative estimate of drug-likeness (QED) is 0.497. The van der Waals surface area contributed by atoms with Gasteiger partial charge in [0.25, 0.3) is 5.91 Å². The summed E-state index contributed by atoms with van der Waals surface area (Å²) in [6, 6.07) is 9.23. The molecule has 3 aliphatic rings. The van der Waals surface area contributed by atoms with Crippen molar-refractivity contribution in [3.8, 4) is 0 Å². The van der Waals surface area contributed by atoms with Crippen LogP contribution in [0.5, 0.6) is 0 Å². The Balaban J connectivity index is 1.39. The SMILES string of the molecule is Cc1ccc(NS(C)(=O)=O)c(C(=O)N2CCCC[C@H]2c2cc3nc(N4CCC4)cc(N4CCC(C)C4)n3n2)c1. The van der Waals surface area contributed by atoms with Gasteiger partial charge in [0.05, 0.1) is 29.2 Å². The van der Waals surface area contributed by atoms with Crippen LogP contribution in [0.15, 0.2) is 30.3 Å². The minimum Gasteiger partial charge on any atom is -0.356 e. The van der Waals surface area contributed by atoms with Gasteiger partial charge in [0.15, 0.2) is 5.65 Å². The predicted molar refractivity (Wildman–Crippen MR) is 153 cm³/mol. The minimum atomic E-state index is -3.54. The molecule has 10 nitrogen and oxygen atoms in total. The van der Waals surface area contributed by atoms with Crippen molar-refractivity contribution in [3.05, 3.63) is 47.2 Å². The van der Waals surface area contributed by atoms with E-state index in [2.05, 4.69) is 27.5 Å². The zero-order valence-electron chi connectivity index (χ0n) is 22.9. The van der Waals surface area contributed by atoms with E-state index in [1.54, 1.807) is 12.1 Å². The summed E-state index contributed by atoms with van der Waals surface area (Å²) in [5.41, 5.74) is 3.19. The largest absolute Gasteiger partial charge is 0.356 e. The second-order valence-electron chi connectivity index (χ2n) is 11.4. The van der Waals surface area contributed by atoms with Crippen LogP contribution in [0.3, 0.4) is 0 Å². The van der Waals surface area contributed by atoms with Gasteiger partial charge in [0.1, 0.15) is 11.6 Å². The molecule has 0 radical (unpaired) electrons. The zero-order valence-corrected chi connectivity index (χ0v) is 23.7. The number of hydrogen-bond donors (Lipinski definition) is 1. The van der Waals surface area contributed by atoms with Crippen LogP contribution in [0.1, 0.15) is 66.7 Å². The number of piperidine rings is 1. The molecule has 6 rings (SSSR count). The molecule has 2 aromatic heterocycles. The number of carbonyl (C=O) groups is 1. The fourth-order valence-electron chi connectivity index (χ4n) is 5.96. The van der Waals surface area contributed by atoms with E-state index in [1.165, 1.54) is 6.42 Å². The average molecular weight is 552 g/mol. The third-order valence-corrected chi connectivity index (χ3v) is 8.74. The molecule has 3 fully saturated rings. The summed E-state index contributed by atoms with van der Waals surface area (Å²) in [7, 11) is -3.54. The maximum atomic E-state index is 14.0. The first kappa shape index (κ1) is 25.9. The Kier molecular flexibility index (Phi) is 6.65. The molecule has 1 N–H and O–H groups in total. The Morgan fingerprint density at radius 1 is 1.00 bits per heavy atom. The van der Waals surface area contributed by atoms with E-state index < -0.39 is 10.0 Å². The van der Waals surface area contributed by atoms with Crippen molar-refractivity contribution in [2.45, 2.75) is 52.0 Å². The lowest BCUT2D eigenvalue weighted by molar-refractivity contribution is 0.0606. The third kappa shape index (κ3) is 5.16. The van der Waals surface area contributed by atoms with Gasteiger partial charge in [-0.05, 0) is 57.1 Å². The van der Waals surface area contributed by atoms with Crippen molar-refractivity contribution < 1.29 is 13.2 Å². The third-order valence-electron chi connectivity index (χ3n) is 8.15. The lowest BCUT2D eigenvalue weighted by Crippen LogP contribution is -2.39. The molecule has 5 heterocycles.